The van der Waals surface area contributed by atoms with E-state index in [-0.39, 0.29) is 5.78 Å². The molecule has 0 N–H and O–H groups in total. The van der Waals surface area contributed by atoms with Crippen LogP contribution in [0, 0.1) is 24.7 Å². The van der Waals surface area contributed by atoms with Crippen molar-refractivity contribution in [3.8, 4) is 0 Å². The van der Waals surface area contributed by atoms with Gasteiger partial charge < -0.3 is 0 Å². The smallest absolute Gasteiger partial charge is 0.186 e. The number of carbonyl (C=O) groups excluding carboxylic acids is 1. The Balaban J connectivity index is 1.51. The lowest BCUT2D eigenvalue weighted by Crippen LogP contribution is -2.32. The zero-order valence-corrected chi connectivity index (χ0v) is 12.7. The lowest BCUT2D eigenvalue weighted by atomic mass is 9.88. The van der Waals surface area contributed by atoms with Gasteiger partial charge in [0.25, 0.3) is 0 Å². The second kappa shape index (κ2) is 5.37. The number of ketones is 1. The maximum Gasteiger partial charge on any atom is 0.186 e. The van der Waals surface area contributed by atoms with Crippen LogP contribution in [-0.2, 0) is 0 Å². The summed E-state index contributed by atoms with van der Waals surface area (Å²) in [5.74, 6) is 3.08. The van der Waals surface area contributed by atoms with Crippen molar-refractivity contribution < 1.29 is 4.79 Å². The summed E-state index contributed by atoms with van der Waals surface area (Å²) in [4.78, 5) is 16.5. The number of fused-ring (bicyclic) bond motifs is 2. The molecule has 0 amide bonds. The van der Waals surface area contributed by atoms with Crippen molar-refractivity contribution in [2.45, 2.75) is 32.6 Å². The molecule has 0 aliphatic heterocycles. The third-order valence-corrected chi connectivity index (χ3v) is 5.90. The van der Waals surface area contributed by atoms with Crippen LogP contribution in [0.4, 0.5) is 0 Å². The molecule has 19 heavy (non-hydrogen) atoms. The zero-order chi connectivity index (χ0) is 13.4. The van der Waals surface area contributed by atoms with Crippen molar-refractivity contribution in [3.63, 3.8) is 0 Å². The van der Waals surface area contributed by atoms with Gasteiger partial charge in [0.2, 0.25) is 0 Å². The molecule has 2 bridgehead atoms. The van der Waals surface area contributed by atoms with Crippen molar-refractivity contribution in [1.82, 2.24) is 4.90 Å². The molecule has 1 aromatic heterocycles. The predicted octanol–water partition coefficient (Wildman–Crippen LogP) is 3.61. The number of carbonyl (C=O) groups is 1. The number of hydrogen-bond donors (Lipinski definition) is 0. The Kier molecular flexibility index (Phi) is 3.77. The minimum absolute atomic E-state index is 0.281. The Labute approximate surface area is 119 Å². The first-order valence-corrected chi connectivity index (χ1v) is 8.21. The first-order valence-electron chi connectivity index (χ1n) is 7.40. The quantitative estimate of drug-likeness (QED) is 0.766. The van der Waals surface area contributed by atoms with E-state index in [2.05, 4.69) is 18.9 Å². The second-order valence-electron chi connectivity index (χ2n) is 6.47. The van der Waals surface area contributed by atoms with Gasteiger partial charge in [-0.25, -0.2) is 0 Å². The van der Waals surface area contributed by atoms with Crippen LogP contribution in [0.3, 0.4) is 0 Å². The molecule has 2 saturated carbocycles. The van der Waals surface area contributed by atoms with Crippen molar-refractivity contribution in [3.05, 3.63) is 21.9 Å². The molecule has 3 atom stereocenters. The van der Waals surface area contributed by atoms with Crippen molar-refractivity contribution in [1.29, 1.82) is 0 Å². The molecule has 0 spiro atoms. The lowest BCUT2D eigenvalue weighted by Gasteiger charge is -2.26. The Morgan fingerprint density at radius 2 is 2.21 bits per heavy atom. The molecule has 3 unspecified atom stereocenters. The molecular formula is C16H23NOS. The molecule has 1 aromatic rings. The monoisotopic (exact) mass is 277 g/mol. The number of thiophene rings is 1. The molecule has 2 fully saturated rings. The molecule has 0 aromatic carbocycles. The summed E-state index contributed by atoms with van der Waals surface area (Å²) >= 11 is 1.62. The largest absolute Gasteiger partial charge is 0.299 e. The van der Waals surface area contributed by atoms with Gasteiger partial charge in [-0.2, -0.15) is 0 Å². The van der Waals surface area contributed by atoms with Crippen LogP contribution in [0.1, 0.15) is 40.2 Å². The number of nitrogens with zero attached hydrogens (tertiary/aromatic N) is 1. The molecule has 2 nitrogen and oxygen atoms in total. The van der Waals surface area contributed by atoms with E-state index in [1.165, 1.54) is 30.6 Å². The Morgan fingerprint density at radius 1 is 1.37 bits per heavy atom. The van der Waals surface area contributed by atoms with E-state index >= 15 is 0 Å². The second-order valence-corrected chi connectivity index (χ2v) is 7.75. The van der Waals surface area contributed by atoms with Crippen LogP contribution in [0.25, 0.3) is 0 Å². The molecule has 0 saturated heterocycles. The maximum absolute atomic E-state index is 12.2. The zero-order valence-electron chi connectivity index (χ0n) is 11.9. The first-order chi connectivity index (χ1) is 9.11. The Bertz CT molecular complexity index is 467. The lowest BCUT2D eigenvalue weighted by molar-refractivity contribution is 0.0933. The van der Waals surface area contributed by atoms with Crippen LogP contribution in [0.5, 0.6) is 0 Å². The SMILES string of the molecule is Cc1ccc(C(=O)CN(C)CC2CC3CCC2C3)s1. The van der Waals surface area contributed by atoms with E-state index in [4.69, 9.17) is 0 Å². The van der Waals surface area contributed by atoms with E-state index in [9.17, 15) is 4.79 Å². The first kappa shape index (κ1) is 13.3. The van der Waals surface area contributed by atoms with Crippen LogP contribution in [-0.4, -0.2) is 30.8 Å². The van der Waals surface area contributed by atoms with Gasteiger partial charge in [0, 0.05) is 11.4 Å². The van der Waals surface area contributed by atoms with Crippen molar-refractivity contribution in [2.75, 3.05) is 20.1 Å². The van der Waals surface area contributed by atoms with Crippen LogP contribution in [0.2, 0.25) is 0 Å². The van der Waals surface area contributed by atoms with Crippen molar-refractivity contribution in [2.24, 2.45) is 17.8 Å². The minimum atomic E-state index is 0.281. The minimum Gasteiger partial charge on any atom is -0.299 e. The van der Waals surface area contributed by atoms with Gasteiger partial charge >= 0.3 is 0 Å². The molecule has 2 aliphatic carbocycles. The number of Topliss-reactive ketones (excluding diaryl/α,β-unsaturated/α-hetero) is 1. The average molecular weight is 277 g/mol. The fourth-order valence-electron chi connectivity index (χ4n) is 3.97. The molecule has 1 heterocycles. The van der Waals surface area contributed by atoms with Gasteiger partial charge in [0.1, 0.15) is 0 Å². The number of rotatable bonds is 5. The van der Waals surface area contributed by atoms with E-state index < -0.39 is 0 Å². The van der Waals surface area contributed by atoms with E-state index in [1.54, 1.807) is 11.3 Å². The molecule has 3 heteroatoms. The number of likely N-dealkylation sites (N-methyl/N-ethyl adjacent to an activating group) is 1. The fraction of sp³-hybridized carbons (Fsp3) is 0.688. The third kappa shape index (κ3) is 2.92. The van der Waals surface area contributed by atoms with Gasteiger partial charge in [-0.05, 0) is 63.1 Å². The molecular weight excluding hydrogens is 254 g/mol. The average Bonchev–Trinajstić information content (AvgIpc) is 3.04. The fourth-order valence-corrected chi connectivity index (χ4v) is 4.77. The summed E-state index contributed by atoms with van der Waals surface area (Å²) in [6, 6.07) is 4.00. The number of aryl methyl sites for hydroxylation is 1. The van der Waals surface area contributed by atoms with E-state index in [1.807, 2.05) is 12.1 Å². The van der Waals surface area contributed by atoms with Gasteiger partial charge in [0.05, 0.1) is 11.4 Å². The molecule has 0 radical (unpaired) electrons. The third-order valence-electron chi connectivity index (χ3n) is 4.86. The van der Waals surface area contributed by atoms with Crippen LogP contribution in [0.15, 0.2) is 12.1 Å². The molecule has 104 valence electrons. The highest BCUT2D eigenvalue weighted by Crippen LogP contribution is 2.48. The van der Waals surface area contributed by atoms with Gasteiger partial charge in [-0.15, -0.1) is 11.3 Å². The van der Waals surface area contributed by atoms with Crippen molar-refractivity contribution >= 4 is 17.1 Å². The molecule has 3 rings (SSSR count). The van der Waals surface area contributed by atoms with E-state index in [0.717, 1.165) is 29.2 Å². The van der Waals surface area contributed by atoms with Crippen LogP contribution >= 0.6 is 11.3 Å². The molecule has 2 aliphatic rings. The topological polar surface area (TPSA) is 20.3 Å². The summed E-state index contributed by atoms with van der Waals surface area (Å²) in [6.07, 6.45) is 5.75. The number of hydrogen-bond acceptors (Lipinski definition) is 3. The predicted molar refractivity (Wildman–Crippen MR) is 79.8 cm³/mol. The summed E-state index contributed by atoms with van der Waals surface area (Å²) in [5.41, 5.74) is 0. The highest BCUT2D eigenvalue weighted by Gasteiger charge is 2.39. The highest BCUT2D eigenvalue weighted by molar-refractivity contribution is 7.14. The Morgan fingerprint density at radius 3 is 2.79 bits per heavy atom. The Hall–Kier alpha value is -0.670. The van der Waals surface area contributed by atoms with Gasteiger partial charge in [0.15, 0.2) is 5.78 Å². The maximum atomic E-state index is 12.2. The summed E-state index contributed by atoms with van der Waals surface area (Å²) in [7, 11) is 2.10. The van der Waals surface area contributed by atoms with Crippen LogP contribution < -0.4 is 0 Å². The summed E-state index contributed by atoms with van der Waals surface area (Å²) in [6.45, 7) is 3.74. The summed E-state index contributed by atoms with van der Waals surface area (Å²) < 4.78 is 0. The van der Waals surface area contributed by atoms with E-state index in [0.29, 0.717) is 6.54 Å². The summed E-state index contributed by atoms with van der Waals surface area (Å²) in [5, 5.41) is 0. The van der Waals surface area contributed by atoms with Gasteiger partial charge in [-0.3, -0.25) is 9.69 Å². The normalized spacial score (nSPS) is 29.3. The van der Waals surface area contributed by atoms with Gasteiger partial charge in [-0.1, -0.05) is 6.42 Å². The standard InChI is InChI=1S/C16H23NOS/c1-11-3-6-16(19-11)15(18)10-17(2)9-14-8-12-4-5-13(14)7-12/h3,6,12-14H,4-5,7-10H2,1-2H3. The highest BCUT2D eigenvalue weighted by atomic mass is 32.1.